The molecule has 0 aliphatic rings. The van der Waals surface area contributed by atoms with Crippen LogP contribution >= 0.6 is 0 Å². The quantitative estimate of drug-likeness (QED) is 0.182. The van der Waals surface area contributed by atoms with Gasteiger partial charge in [0.1, 0.15) is 5.52 Å². The third-order valence-electron chi connectivity index (χ3n) is 9.89. The van der Waals surface area contributed by atoms with E-state index in [9.17, 15) is 0 Å². The number of anilines is 3. The van der Waals surface area contributed by atoms with Crippen molar-refractivity contribution < 1.29 is 4.42 Å². The first-order chi connectivity index (χ1) is 24.2. The van der Waals surface area contributed by atoms with Crippen molar-refractivity contribution >= 4 is 82.0 Å². The maximum Gasteiger partial charge on any atom is 0.227 e. The van der Waals surface area contributed by atoms with Crippen molar-refractivity contribution in [2.24, 2.45) is 0 Å². The highest BCUT2D eigenvalue weighted by atomic mass is 16.3. The monoisotopic (exact) mass is 626 g/mol. The van der Waals surface area contributed by atoms with E-state index < -0.39 is 0 Å². The van der Waals surface area contributed by atoms with E-state index in [4.69, 9.17) is 9.40 Å². The molecule has 0 spiro atoms. The van der Waals surface area contributed by atoms with Gasteiger partial charge < -0.3 is 9.32 Å². The van der Waals surface area contributed by atoms with Crippen molar-refractivity contribution in [2.45, 2.75) is 6.92 Å². The van der Waals surface area contributed by atoms with Crippen molar-refractivity contribution in [1.29, 1.82) is 0 Å². The Morgan fingerprint density at radius 3 is 1.82 bits per heavy atom. The molecule has 10 rings (SSSR count). The van der Waals surface area contributed by atoms with Crippen LogP contribution in [0.3, 0.4) is 0 Å². The first-order valence-electron chi connectivity index (χ1n) is 16.7. The molecule has 0 bridgehead atoms. The zero-order valence-electron chi connectivity index (χ0n) is 26.9. The normalized spacial score (nSPS) is 11.8. The summed E-state index contributed by atoms with van der Waals surface area (Å²) in [7, 11) is 0. The Morgan fingerprint density at radius 2 is 1.04 bits per heavy atom. The summed E-state index contributed by atoms with van der Waals surface area (Å²) < 4.78 is 6.37. The van der Waals surface area contributed by atoms with Gasteiger partial charge in [-0.2, -0.15) is 0 Å². The minimum Gasteiger partial charge on any atom is -0.436 e. The van der Waals surface area contributed by atoms with Gasteiger partial charge >= 0.3 is 0 Å². The van der Waals surface area contributed by atoms with E-state index in [0.717, 1.165) is 55.3 Å². The Morgan fingerprint density at radius 1 is 0.469 bits per heavy atom. The predicted molar refractivity (Wildman–Crippen MR) is 206 cm³/mol. The lowest BCUT2D eigenvalue weighted by molar-refractivity contribution is 0.620. The largest absolute Gasteiger partial charge is 0.436 e. The van der Waals surface area contributed by atoms with Gasteiger partial charge in [-0.25, -0.2) is 4.98 Å². The average Bonchev–Trinajstić information content (AvgIpc) is 3.60. The van der Waals surface area contributed by atoms with Crippen molar-refractivity contribution in [2.75, 3.05) is 4.90 Å². The summed E-state index contributed by atoms with van der Waals surface area (Å²) >= 11 is 0. The fraction of sp³-hybridized carbons (Fsp3) is 0.0217. The van der Waals surface area contributed by atoms with Crippen LogP contribution in [0.5, 0.6) is 0 Å². The topological polar surface area (TPSA) is 29.3 Å². The zero-order valence-corrected chi connectivity index (χ0v) is 26.9. The van der Waals surface area contributed by atoms with E-state index in [0.29, 0.717) is 5.89 Å². The predicted octanol–water partition coefficient (Wildman–Crippen LogP) is 13.0. The molecule has 0 unspecified atom stereocenters. The van der Waals surface area contributed by atoms with Crippen molar-refractivity contribution in [3.8, 4) is 11.5 Å². The average molecular weight is 627 g/mol. The smallest absolute Gasteiger partial charge is 0.227 e. The van der Waals surface area contributed by atoms with E-state index in [1.807, 2.05) is 6.07 Å². The summed E-state index contributed by atoms with van der Waals surface area (Å²) in [6.45, 7) is 2.09. The molecule has 0 N–H and O–H groups in total. The lowest BCUT2D eigenvalue weighted by Crippen LogP contribution is -2.10. The molecular formula is C46H30N2O. The third-order valence-corrected chi connectivity index (χ3v) is 9.89. The number of oxazole rings is 1. The Hall–Kier alpha value is -6.45. The van der Waals surface area contributed by atoms with Crippen LogP contribution in [-0.4, -0.2) is 4.98 Å². The number of hydrogen-bond acceptors (Lipinski definition) is 3. The van der Waals surface area contributed by atoms with E-state index in [1.54, 1.807) is 0 Å². The van der Waals surface area contributed by atoms with Crippen molar-refractivity contribution in [3.63, 3.8) is 0 Å². The highest BCUT2D eigenvalue weighted by Gasteiger charge is 2.19. The summed E-state index contributed by atoms with van der Waals surface area (Å²) in [5, 5.41) is 11.9. The maximum atomic E-state index is 6.37. The summed E-state index contributed by atoms with van der Waals surface area (Å²) in [5.41, 5.74) is 7.16. The van der Waals surface area contributed by atoms with E-state index >= 15 is 0 Å². The third kappa shape index (κ3) is 4.47. The Labute approximate surface area is 283 Å². The molecule has 0 aliphatic heterocycles. The number of benzene rings is 9. The molecule has 0 saturated heterocycles. The van der Waals surface area contributed by atoms with Gasteiger partial charge in [-0.3, -0.25) is 0 Å². The molecular weight excluding hydrogens is 597 g/mol. The molecule has 0 aliphatic carbocycles. The highest BCUT2D eigenvalue weighted by Crippen LogP contribution is 2.43. The summed E-state index contributed by atoms with van der Waals surface area (Å²) in [5.74, 6) is 0.636. The molecule has 0 fully saturated rings. The van der Waals surface area contributed by atoms with Crippen LogP contribution in [-0.2, 0) is 0 Å². The fourth-order valence-electron chi connectivity index (χ4n) is 7.44. The molecule has 0 saturated carbocycles. The number of aryl methyl sites for hydroxylation is 1. The lowest BCUT2D eigenvalue weighted by Gasteiger charge is -2.28. The summed E-state index contributed by atoms with van der Waals surface area (Å²) in [6, 6.07) is 58.8. The van der Waals surface area contributed by atoms with Gasteiger partial charge in [0.15, 0.2) is 5.58 Å². The number of rotatable bonds is 4. The SMILES string of the molecule is Cc1ccc(-c2nc3c(ccc4ccc5ccc(N(c6ccc7ccc8ccccc8c7c6)c6cccc7ccccc67)cc5c43)o2)cc1. The van der Waals surface area contributed by atoms with Gasteiger partial charge in [-0.1, -0.05) is 121 Å². The molecule has 1 aromatic heterocycles. The number of nitrogens with zero attached hydrogens (tertiary/aromatic N) is 2. The lowest BCUT2D eigenvalue weighted by atomic mass is 9.98. The minimum atomic E-state index is 0.636. The van der Waals surface area contributed by atoms with Crippen molar-refractivity contribution in [3.05, 3.63) is 169 Å². The van der Waals surface area contributed by atoms with Gasteiger partial charge in [0.2, 0.25) is 5.89 Å². The molecule has 3 nitrogen and oxygen atoms in total. The fourth-order valence-corrected chi connectivity index (χ4v) is 7.44. The van der Waals surface area contributed by atoms with Gasteiger partial charge in [-0.15, -0.1) is 0 Å². The molecule has 10 aromatic rings. The molecule has 49 heavy (non-hydrogen) atoms. The van der Waals surface area contributed by atoms with Crippen LogP contribution in [0.4, 0.5) is 17.1 Å². The molecule has 3 heteroatoms. The highest BCUT2D eigenvalue weighted by molar-refractivity contribution is 6.19. The van der Waals surface area contributed by atoms with Crippen LogP contribution in [0.1, 0.15) is 5.56 Å². The maximum absolute atomic E-state index is 6.37. The summed E-state index contributed by atoms with van der Waals surface area (Å²) in [6.07, 6.45) is 0. The van der Waals surface area contributed by atoms with E-state index in [1.165, 1.54) is 37.9 Å². The Balaban J connectivity index is 1.25. The van der Waals surface area contributed by atoms with E-state index in [-0.39, 0.29) is 0 Å². The first-order valence-corrected chi connectivity index (χ1v) is 16.7. The number of fused-ring (bicyclic) bond motifs is 9. The van der Waals surface area contributed by atoms with Crippen molar-refractivity contribution in [1.82, 2.24) is 4.98 Å². The second kappa shape index (κ2) is 10.8. The Bertz CT molecular complexity index is 2900. The van der Waals surface area contributed by atoms with Gasteiger partial charge in [0.25, 0.3) is 0 Å². The van der Waals surface area contributed by atoms with Crippen LogP contribution < -0.4 is 4.90 Å². The van der Waals surface area contributed by atoms with Crippen LogP contribution in [0.15, 0.2) is 168 Å². The van der Waals surface area contributed by atoms with Gasteiger partial charge in [0.05, 0.1) is 5.69 Å². The first kappa shape index (κ1) is 27.6. The Kier molecular flexibility index (Phi) is 6.09. The molecule has 230 valence electrons. The minimum absolute atomic E-state index is 0.636. The number of hydrogen-bond donors (Lipinski definition) is 0. The van der Waals surface area contributed by atoms with Gasteiger partial charge in [-0.05, 0) is 98.5 Å². The van der Waals surface area contributed by atoms with E-state index in [2.05, 4.69) is 170 Å². The molecule has 0 amide bonds. The standard InChI is InChI=1S/C46H30N2O/c1-29-13-15-35(16-14-29)46-47-45-43(49-46)26-23-34-20-19-33-22-25-37(28-41(33)44(34)45)48(42-12-6-9-30-7-3-5-11-39(30)42)36-24-21-32-18-17-31-8-2-4-10-38(31)40(32)27-36/h2-28H,1H3. The molecule has 9 aromatic carbocycles. The number of aromatic nitrogens is 1. The summed E-state index contributed by atoms with van der Waals surface area (Å²) in [4.78, 5) is 7.51. The van der Waals surface area contributed by atoms with Crippen LogP contribution in [0.25, 0.3) is 76.4 Å². The second-order valence-electron chi connectivity index (χ2n) is 12.9. The van der Waals surface area contributed by atoms with Gasteiger partial charge in [0, 0.05) is 27.7 Å². The second-order valence-corrected chi connectivity index (χ2v) is 12.9. The van der Waals surface area contributed by atoms with Crippen LogP contribution in [0.2, 0.25) is 0 Å². The molecule has 0 atom stereocenters. The molecule has 0 radical (unpaired) electrons. The molecule has 1 heterocycles. The van der Waals surface area contributed by atoms with Crippen LogP contribution in [0, 0.1) is 6.92 Å². The zero-order chi connectivity index (χ0) is 32.5.